The molecule has 0 radical (unpaired) electrons. The Labute approximate surface area is 106 Å². The molecule has 17 heavy (non-hydrogen) atoms. The number of rotatable bonds is 4. The molecule has 0 bridgehead atoms. The van der Waals surface area contributed by atoms with Crippen molar-refractivity contribution in [1.29, 1.82) is 0 Å². The molecule has 0 unspecified atom stereocenters. The molecule has 0 fully saturated rings. The lowest BCUT2D eigenvalue weighted by molar-refractivity contribution is 0.425. The molecule has 1 aromatic heterocycles. The number of hydrogen-bond donors (Lipinski definition) is 1. The lowest BCUT2D eigenvalue weighted by Crippen LogP contribution is -2.20. The molecule has 0 amide bonds. The van der Waals surface area contributed by atoms with E-state index >= 15 is 0 Å². The number of nitrogens with one attached hydrogen (secondary N) is 1. The lowest BCUT2D eigenvalue weighted by Gasteiger charge is -2.13. The second kappa shape index (κ2) is 5.34. The molecular formula is C13H16ClN3. The summed E-state index contributed by atoms with van der Waals surface area (Å²) in [6.45, 7) is 1.87. The zero-order valence-electron chi connectivity index (χ0n) is 10.1. The molecule has 0 aliphatic heterocycles. The second-order valence-electron chi connectivity index (χ2n) is 4.22. The molecule has 0 saturated heterocycles. The third-order valence-electron chi connectivity index (χ3n) is 2.59. The van der Waals surface area contributed by atoms with Gasteiger partial charge in [-0.2, -0.15) is 0 Å². The minimum Gasteiger partial charge on any atom is -0.382 e. The number of benzene rings is 1. The number of likely N-dealkylation sites (N-methyl/N-ethyl adjacent to an activating group) is 1. The quantitative estimate of drug-likeness (QED) is 0.903. The fourth-order valence-corrected chi connectivity index (χ4v) is 1.91. The summed E-state index contributed by atoms with van der Waals surface area (Å²) in [5, 5.41) is 5.12. The highest BCUT2D eigenvalue weighted by Crippen LogP contribution is 2.27. The fourth-order valence-electron chi connectivity index (χ4n) is 1.69. The lowest BCUT2D eigenvalue weighted by atomic mass is 10.2. The summed E-state index contributed by atoms with van der Waals surface area (Å²) in [5.41, 5.74) is 1.96. The van der Waals surface area contributed by atoms with Crippen LogP contribution in [0.1, 0.15) is 0 Å². The van der Waals surface area contributed by atoms with Gasteiger partial charge in [0.25, 0.3) is 0 Å². The highest BCUT2D eigenvalue weighted by Gasteiger charge is 2.04. The number of anilines is 1. The van der Waals surface area contributed by atoms with Crippen LogP contribution < -0.4 is 5.32 Å². The molecular weight excluding hydrogens is 234 g/mol. The number of halogens is 1. The zero-order valence-corrected chi connectivity index (χ0v) is 10.8. The predicted octanol–water partition coefficient (Wildman–Crippen LogP) is 2.86. The first kappa shape index (κ1) is 12.1. The van der Waals surface area contributed by atoms with Crippen molar-refractivity contribution in [1.82, 2.24) is 9.88 Å². The molecule has 4 heteroatoms. The highest BCUT2D eigenvalue weighted by atomic mass is 35.5. The molecule has 0 spiro atoms. The van der Waals surface area contributed by atoms with Crippen molar-refractivity contribution in [3.63, 3.8) is 0 Å². The van der Waals surface area contributed by atoms with Crippen molar-refractivity contribution in [2.75, 3.05) is 32.5 Å². The summed E-state index contributed by atoms with van der Waals surface area (Å²) in [7, 11) is 4.11. The van der Waals surface area contributed by atoms with E-state index in [0.29, 0.717) is 0 Å². The maximum atomic E-state index is 6.14. The van der Waals surface area contributed by atoms with Crippen molar-refractivity contribution in [2.24, 2.45) is 0 Å². The average molecular weight is 250 g/mol. The normalized spacial score (nSPS) is 11.1. The Morgan fingerprint density at radius 1 is 1.29 bits per heavy atom. The van der Waals surface area contributed by atoms with Crippen LogP contribution in [0.25, 0.3) is 10.9 Å². The van der Waals surface area contributed by atoms with Crippen LogP contribution in [0.3, 0.4) is 0 Å². The number of aromatic nitrogens is 1. The van der Waals surface area contributed by atoms with Gasteiger partial charge in [-0.05, 0) is 38.4 Å². The summed E-state index contributed by atoms with van der Waals surface area (Å²) < 4.78 is 0. The third kappa shape index (κ3) is 2.87. The Hall–Kier alpha value is -1.32. The van der Waals surface area contributed by atoms with Crippen LogP contribution in [0, 0.1) is 0 Å². The molecule has 1 aromatic carbocycles. The molecule has 0 saturated carbocycles. The van der Waals surface area contributed by atoms with Crippen LogP contribution in [0.2, 0.25) is 5.02 Å². The molecule has 0 aliphatic rings. The van der Waals surface area contributed by atoms with Gasteiger partial charge in [-0.3, -0.25) is 4.98 Å². The van der Waals surface area contributed by atoms with E-state index in [-0.39, 0.29) is 0 Å². The molecule has 0 atom stereocenters. The first-order valence-corrected chi connectivity index (χ1v) is 5.98. The van der Waals surface area contributed by atoms with E-state index in [9.17, 15) is 0 Å². The van der Waals surface area contributed by atoms with Crippen LogP contribution >= 0.6 is 11.6 Å². The summed E-state index contributed by atoms with van der Waals surface area (Å²) in [5.74, 6) is 0. The van der Waals surface area contributed by atoms with Gasteiger partial charge in [0.1, 0.15) is 0 Å². The summed E-state index contributed by atoms with van der Waals surface area (Å²) >= 11 is 6.14. The van der Waals surface area contributed by atoms with Crippen LogP contribution in [-0.4, -0.2) is 37.1 Å². The van der Waals surface area contributed by atoms with Gasteiger partial charge in [0.2, 0.25) is 0 Å². The first-order chi connectivity index (χ1) is 8.18. The number of hydrogen-bond acceptors (Lipinski definition) is 3. The minimum atomic E-state index is 0.742. The Kier molecular flexibility index (Phi) is 3.82. The monoisotopic (exact) mass is 249 g/mol. The van der Waals surface area contributed by atoms with Crippen LogP contribution in [0.4, 0.5) is 5.69 Å². The van der Waals surface area contributed by atoms with Gasteiger partial charge < -0.3 is 10.2 Å². The molecule has 3 nitrogen and oxygen atoms in total. The number of fused-ring (bicyclic) bond motifs is 1. The van der Waals surface area contributed by atoms with Gasteiger partial charge >= 0.3 is 0 Å². The van der Waals surface area contributed by atoms with Crippen molar-refractivity contribution in [3.05, 3.63) is 35.5 Å². The van der Waals surface area contributed by atoms with Gasteiger partial charge in [0.05, 0.1) is 16.2 Å². The molecule has 2 aromatic rings. The molecule has 90 valence electrons. The van der Waals surface area contributed by atoms with E-state index < -0.39 is 0 Å². The average Bonchev–Trinajstić information content (AvgIpc) is 2.32. The highest BCUT2D eigenvalue weighted by molar-refractivity contribution is 6.35. The van der Waals surface area contributed by atoms with Gasteiger partial charge in [-0.25, -0.2) is 0 Å². The van der Waals surface area contributed by atoms with Crippen LogP contribution in [0.15, 0.2) is 30.5 Å². The van der Waals surface area contributed by atoms with E-state index in [1.165, 1.54) is 0 Å². The molecule has 2 rings (SSSR count). The maximum absolute atomic E-state index is 6.14. The summed E-state index contributed by atoms with van der Waals surface area (Å²) in [6.07, 6.45) is 1.79. The topological polar surface area (TPSA) is 28.2 Å². The van der Waals surface area contributed by atoms with Crippen molar-refractivity contribution in [2.45, 2.75) is 0 Å². The Morgan fingerprint density at radius 2 is 2.12 bits per heavy atom. The standard InChI is InChI=1S/C13H16ClN3/c1-17(2)9-8-15-12-6-5-11(14)10-4-3-7-16-13(10)12/h3-7,15H,8-9H2,1-2H3. The largest absolute Gasteiger partial charge is 0.382 e. The summed E-state index contributed by atoms with van der Waals surface area (Å²) in [4.78, 5) is 6.52. The van der Waals surface area contributed by atoms with E-state index in [1.807, 2.05) is 24.3 Å². The maximum Gasteiger partial charge on any atom is 0.0948 e. The van der Waals surface area contributed by atoms with E-state index in [0.717, 1.165) is 34.7 Å². The first-order valence-electron chi connectivity index (χ1n) is 5.60. The minimum absolute atomic E-state index is 0.742. The van der Waals surface area contributed by atoms with Crippen molar-refractivity contribution < 1.29 is 0 Å². The van der Waals surface area contributed by atoms with Gasteiger partial charge in [0, 0.05) is 24.7 Å². The SMILES string of the molecule is CN(C)CCNc1ccc(Cl)c2cccnc12. The summed E-state index contributed by atoms with van der Waals surface area (Å²) in [6, 6.07) is 7.77. The second-order valence-corrected chi connectivity index (χ2v) is 4.63. The van der Waals surface area contributed by atoms with Crippen LogP contribution in [0.5, 0.6) is 0 Å². The van der Waals surface area contributed by atoms with Gasteiger partial charge in [-0.15, -0.1) is 0 Å². The van der Waals surface area contributed by atoms with Crippen LogP contribution in [-0.2, 0) is 0 Å². The van der Waals surface area contributed by atoms with E-state index in [1.54, 1.807) is 6.20 Å². The third-order valence-corrected chi connectivity index (χ3v) is 2.92. The van der Waals surface area contributed by atoms with Gasteiger partial charge in [-0.1, -0.05) is 11.6 Å². The van der Waals surface area contributed by atoms with E-state index in [2.05, 4.69) is 29.3 Å². The molecule has 1 N–H and O–H groups in total. The van der Waals surface area contributed by atoms with E-state index in [4.69, 9.17) is 11.6 Å². The number of nitrogens with zero attached hydrogens (tertiary/aromatic N) is 2. The molecule has 0 aliphatic carbocycles. The van der Waals surface area contributed by atoms with Gasteiger partial charge in [0.15, 0.2) is 0 Å². The Balaban J connectivity index is 2.26. The molecule has 1 heterocycles. The predicted molar refractivity (Wildman–Crippen MR) is 73.8 cm³/mol. The van der Waals surface area contributed by atoms with Crippen molar-refractivity contribution >= 4 is 28.2 Å². The fraction of sp³-hybridized carbons (Fsp3) is 0.308. The Bertz CT molecular complexity index is 511. The number of pyridine rings is 1. The Morgan fingerprint density at radius 3 is 2.88 bits per heavy atom. The van der Waals surface area contributed by atoms with Crippen molar-refractivity contribution in [3.8, 4) is 0 Å². The smallest absolute Gasteiger partial charge is 0.0948 e. The zero-order chi connectivity index (χ0) is 12.3.